The monoisotopic (exact) mass is 253 g/mol. The summed E-state index contributed by atoms with van der Waals surface area (Å²) >= 11 is 0. The van der Waals surface area contributed by atoms with Crippen LogP contribution < -0.4 is 0 Å². The average molecular weight is 253 g/mol. The Labute approximate surface area is 108 Å². The van der Waals surface area contributed by atoms with Crippen molar-refractivity contribution >= 4 is 11.9 Å². The summed E-state index contributed by atoms with van der Waals surface area (Å²) in [6.45, 7) is 0.807. The van der Waals surface area contributed by atoms with Crippen molar-refractivity contribution in [2.75, 3.05) is 13.6 Å². The van der Waals surface area contributed by atoms with Crippen LogP contribution in [-0.4, -0.2) is 35.5 Å². The van der Waals surface area contributed by atoms with Gasteiger partial charge in [-0.3, -0.25) is 9.59 Å². The molecule has 2 aliphatic rings. The van der Waals surface area contributed by atoms with Crippen LogP contribution in [-0.2, 0) is 9.59 Å². The Bertz CT molecular complexity index is 325. The van der Waals surface area contributed by atoms with E-state index < -0.39 is 11.9 Å². The molecule has 1 amide bonds. The molecule has 2 saturated carbocycles. The topological polar surface area (TPSA) is 57.6 Å². The van der Waals surface area contributed by atoms with Crippen LogP contribution >= 0.6 is 0 Å². The van der Waals surface area contributed by atoms with Crippen LogP contribution in [0.5, 0.6) is 0 Å². The third-order valence-corrected chi connectivity index (χ3v) is 4.53. The third kappa shape index (κ3) is 2.85. The van der Waals surface area contributed by atoms with Gasteiger partial charge in [0.15, 0.2) is 0 Å². The number of carboxylic acid groups (broad SMARTS) is 1. The number of carbonyl (C=O) groups excluding carboxylic acids is 1. The SMILES string of the molecule is CN(CC1CCC1)C(=O)C1CCCCC1C(=O)O. The predicted octanol–water partition coefficient (Wildman–Crippen LogP) is 2.14. The number of nitrogens with zero attached hydrogens (tertiary/aromatic N) is 1. The maximum absolute atomic E-state index is 12.4. The lowest BCUT2D eigenvalue weighted by Crippen LogP contribution is -2.43. The van der Waals surface area contributed by atoms with Crippen LogP contribution in [0.2, 0.25) is 0 Å². The van der Waals surface area contributed by atoms with Gasteiger partial charge in [-0.2, -0.15) is 0 Å². The molecule has 0 aromatic carbocycles. The van der Waals surface area contributed by atoms with Gasteiger partial charge in [-0.1, -0.05) is 19.3 Å². The Kier molecular flexibility index (Phi) is 4.25. The van der Waals surface area contributed by atoms with E-state index in [1.165, 1.54) is 19.3 Å². The number of hydrogen-bond donors (Lipinski definition) is 1. The summed E-state index contributed by atoms with van der Waals surface area (Å²) in [5, 5.41) is 9.21. The van der Waals surface area contributed by atoms with Crippen molar-refractivity contribution in [3.8, 4) is 0 Å². The van der Waals surface area contributed by atoms with Crippen molar-refractivity contribution in [2.24, 2.45) is 17.8 Å². The van der Waals surface area contributed by atoms with E-state index in [9.17, 15) is 14.7 Å². The van der Waals surface area contributed by atoms with Gasteiger partial charge in [-0.05, 0) is 31.6 Å². The first-order valence-corrected chi connectivity index (χ1v) is 7.07. The fourth-order valence-corrected chi connectivity index (χ4v) is 3.16. The number of rotatable bonds is 4. The molecule has 0 radical (unpaired) electrons. The molecular formula is C14H23NO3. The predicted molar refractivity (Wildman–Crippen MR) is 68.1 cm³/mol. The summed E-state index contributed by atoms with van der Waals surface area (Å²) in [5.74, 6) is -0.860. The number of carboxylic acids is 1. The van der Waals surface area contributed by atoms with Crippen LogP contribution in [0.15, 0.2) is 0 Å². The first-order chi connectivity index (χ1) is 8.59. The van der Waals surface area contributed by atoms with Crippen molar-refractivity contribution in [1.82, 2.24) is 4.90 Å². The number of aliphatic carboxylic acids is 1. The fourth-order valence-electron chi connectivity index (χ4n) is 3.16. The lowest BCUT2D eigenvalue weighted by Gasteiger charge is -2.34. The van der Waals surface area contributed by atoms with E-state index in [-0.39, 0.29) is 11.8 Å². The fraction of sp³-hybridized carbons (Fsp3) is 0.857. The molecule has 0 saturated heterocycles. The van der Waals surface area contributed by atoms with Gasteiger partial charge in [0.1, 0.15) is 0 Å². The summed E-state index contributed by atoms with van der Waals surface area (Å²) in [5.41, 5.74) is 0. The molecule has 0 heterocycles. The van der Waals surface area contributed by atoms with E-state index in [1.807, 2.05) is 7.05 Å². The zero-order chi connectivity index (χ0) is 13.1. The van der Waals surface area contributed by atoms with Crippen molar-refractivity contribution in [2.45, 2.75) is 44.9 Å². The highest BCUT2D eigenvalue weighted by molar-refractivity contribution is 5.84. The van der Waals surface area contributed by atoms with Gasteiger partial charge in [0.2, 0.25) is 5.91 Å². The molecule has 102 valence electrons. The number of amides is 1. The molecule has 18 heavy (non-hydrogen) atoms. The van der Waals surface area contributed by atoms with E-state index >= 15 is 0 Å². The molecule has 2 atom stereocenters. The Balaban J connectivity index is 1.94. The Hall–Kier alpha value is -1.06. The van der Waals surface area contributed by atoms with Crippen molar-refractivity contribution in [1.29, 1.82) is 0 Å². The molecule has 0 aromatic rings. The van der Waals surface area contributed by atoms with Gasteiger partial charge in [-0.25, -0.2) is 0 Å². The molecule has 2 fully saturated rings. The quantitative estimate of drug-likeness (QED) is 0.835. The minimum atomic E-state index is -0.801. The minimum Gasteiger partial charge on any atom is -0.481 e. The molecule has 1 N–H and O–H groups in total. The van der Waals surface area contributed by atoms with Crippen molar-refractivity contribution < 1.29 is 14.7 Å². The van der Waals surface area contributed by atoms with Crippen LogP contribution in [0.4, 0.5) is 0 Å². The lowest BCUT2D eigenvalue weighted by atomic mass is 9.78. The summed E-state index contributed by atoms with van der Waals surface area (Å²) in [7, 11) is 1.83. The average Bonchev–Trinajstić information content (AvgIpc) is 2.32. The first kappa shape index (κ1) is 13.4. The standard InChI is InChI=1S/C14H23NO3/c1-15(9-10-5-4-6-10)13(16)11-7-2-3-8-12(11)14(17)18/h10-12H,2-9H2,1H3,(H,17,18). The first-order valence-electron chi connectivity index (χ1n) is 7.07. The van der Waals surface area contributed by atoms with Crippen molar-refractivity contribution in [3.63, 3.8) is 0 Å². The Morgan fingerprint density at radius 1 is 1.06 bits per heavy atom. The lowest BCUT2D eigenvalue weighted by molar-refractivity contribution is -0.152. The summed E-state index contributed by atoms with van der Waals surface area (Å²) in [4.78, 5) is 25.3. The number of hydrogen-bond acceptors (Lipinski definition) is 2. The Morgan fingerprint density at radius 3 is 2.17 bits per heavy atom. The highest BCUT2D eigenvalue weighted by Crippen LogP contribution is 2.33. The Morgan fingerprint density at radius 2 is 1.67 bits per heavy atom. The molecule has 4 heteroatoms. The largest absolute Gasteiger partial charge is 0.481 e. The molecule has 0 aliphatic heterocycles. The van der Waals surface area contributed by atoms with Gasteiger partial charge < -0.3 is 10.0 Å². The third-order valence-electron chi connectivity index (χ3n) is 4.53. The zero-order valence-electron chi connectivity index (χ0n) is 11.1. The second kappa shape index (κ2) is 5.72. The van der Waals surface area contributed by atoms with Gasteiger partial charge in [0, 0.05) is 13.6 Å². The second-order valence-corrected chi connectivity index (χ2v) is 5.85. The maximum atomic E-state index is 12.4. The second-order valence-electron chi connectivity index (χ2n) is 5.85. The molecule has 2 aliphatic carbocycles. The molecule has 0 bridgehead atoms. The molecular weight excluding hydrogens is 230 g/mol. The van der Waals surface area contributed by atoms with Crippen LogP contribution in [0.1, 0.15) is 44.9 Å². The zero-order valence-corrected chi connectivity index (χ0v) is 11.1. The van der Waals surface area contributed by atoms with Gasteiger partial charge in [0.05, 0.1) is 11.8 Å². The van der Waals surface area contributed by atoms with E-state index in [1.54, 1.807) is 4.90 Å². The summed E-state index contributed by atoms with van der Waals surface area (Å²) in [6, 6.07) is 0. The van der Waals surface area contributed by atoms with E-state index in [2.05, 4.69) is 0 Å². The smallest absolute Gasteiger partial charge is 0.307 e. The minimum absolute atomic E-state index is 0.0500. The highest BCUT2D eigenvalue weighted by Gasteiger charge is 2.37. The molecule has 2 rings (SSSR count). The number of carbonyl (C=O) groups is 2. The van der Waals surface area contributed by atoms with Gasteiger partial charge >= 0.3 is 5.97 Å². The molecule has 2 unspecified atom stereocenters. The van der Waals surface area contributed by atoms with E-state index in [0.29, 0.717) is 12.3 Å². The normalized spacial score (nSPS) is 28.5. The van der Waals surface area contributed by atoms with E-state index in [0.717, 1.165) is 25.8 Å². The van der Waals surface area contributed by atoms with Crippen LogP contribution in [0.25, 0.3) is 0 Å². The summed E-state index contributed by atoms with van der Waals surface area (Å²) < 4.78 is 0. The van der Waals surface area contributed by atoms with Crippen LogP contribution in [0, 0.1) is 17.8 Å². The van der Waals surface area contributed by atoms with Gasteiger partial charge in [-0.15, -0.1) is 0 Å². The van der Waals surface area contributed by atoms with Crippen LogP contribution in [0.3, 0.4) is 0 Å². The molecule has 0 spiro atoms. The van der Waals surface area contributed by atoms with Gasteiger partial charge in [0.25, 0.3) is 0 Å². The molecule has 0 aromatic heterocycles. The highest BCUT2D eigenvalue weighted by atomic mass is 16.4. The molecule has 4 nitrogen and oxygen atoms in total. The van der Waals surface area contributed by atoms with Crippen molar-refractivity contribution in [3.05, 3.63) is 0 Å². The summed E-state index contributed by atoms with van der Waals surface area (Å²) in [6.07, 6.45) is 7.02. The maximum Gasteiger partial charge on any atom is 0.307 e. The van der Waals surface area contributed by atoms with E-state index in [4.69, 9.17) is 0 Å².